The summed E-state index contributed by atoms with van der Waals surface area (Å²) in [6.45, 7) is 10.1. The SMILES string of the molecule is C[Si](C)On1cccc(C(C)(C)C)c1=O. The highest BCUT2D eigenvalue weighted by Crippen LogP contribution is 2.17. The van der Waals surface area contributed by atoms with Crippen LogP contribution >= 0.6 is 0 Å². The van der Waals surface area contributed by atoms with Crippen LogP contribution in [0.15, 0.2) is 23.1 Å². The lowest BCUT2D eigenvalue weighted by Gasteiger charge is -2.20. The Balaban J connectivity index is 3.18. The molecular weight excluding hydrogens is 206 g/mol. The third-order valence-corrected chi connectivity index (χ3v) is 2.57. The van der Waals surface area contributed by atoms with Gasteiger partial charge in [-0.1, -0.05) is 26.8 Å². The summed E-state index contributed by atoms with van der Waals surface area (Å²) in [6.07, 6.45) is 1.68. The molecule has 0 N–H and O–H groups in total. The first kappa shape index (κ1) is 12.0. The maximum atomic E-state index is 12.0. The van der Waals surface area contributed by atoms with E-state index in [1.54, 1.807) is 6.20 Å². The van der Waals surface area contributed by atoms with Gasteiger partial charge in [0.1, 0.15) is 0 Å². The number of aromatic nitrogens is 1. The van der Waals surface area contributed by atoms with Gasteiger partial charge in [0.05, 0.1) is 0 Å². The van der Waals surface area contributed by atoms with Crippen LogP contribution in [0.25, 0.3) is 0 Å². The average molecular weight is 224 g/mol. The van der Waals surface area contributed by atoms with E-state index in [0.29, 0.717) is 0 Å². The minimum absolute atomic E-state index is 0.0452. The molecule has 0 aromatic carbocycles. The molecule has 0 spiro atoms. The minimum Gasteiger partial charge on any atom is -0.467 e. The van der Waals surface area contributed by atoms with Crippen molar-refractivity contribution in [2.24, 2.45) is 0 Å². The van der Waals surface area contributed by atoms with Gasteiger partial charge in [0.2, 0.25) is 0 Å². The molecule has 0 saturated heterocycles. The van der Waals surface area contributed by atoms with Crippen molar-refractivity contribution in [2.45, 2.75) is 39.3 Å². The van der Waals surface area contributed by atoms with Gasteiger partial charge in [-0.25, -0.2) is 0 Å². The van der Waals surface area contributed by atoms with Crippen molar-refractivity contribution in [3.63, 3.8) is 0 Å². The molecule has 4 heteroatoms. The Morgan fingerprint density at radius 1 is 1.33 bits per heavy atom. The maximum Gasteiger partial charge on any atom is 0.311 e. The van der Waals surface area contributed by atoms with Crippen molar-refractivity contribution in [1.29, 1.82) is 0 Å². The highest BCUT2D eigenvalue weighted by atomic mass is 28.3. The van der Waals surface area contributed by atoms with Crippen LogP contribution in [0.3, 0.4) is 0 Å². The van der Waals surface area contributed by atoms with Crippen LogP contribution in [-0.2, 0) is 5.41 Å². The quantitative estimate of drug-likeness (QED) is 0.718. The first-order valence-electron chi connectivity index (χ1n) is 5.03. The van der Waals surface area contributed by atoms with Gasteiger partial charge >= 0.3 is 9.04 Å². The molecule has 0 aliphatic rings. The molecule has 0 amide bonds. The lowest BCUT2D eigenvalue weighted by Crippen LogP contribution is -2.37. The lowest BCUT2D eigenvalue weighted by molar-refractivity contribution is 0.263. The first-order chi connectivity index (χ1) is 6.82. The normalized spacial score (nSPS) is 11.9. The standard InChI is InChI=1S/C11H18NO2Si/c1-11(2,3)9-7-6-8-12(10(9)13)14-15(4)5/h6-8H,1-5H3. The molecular formula is C11H18NO2Si. The summed E-state index contributed by atoms with van der Waals surface area (Å²) in [6, 6.07) is 3.71. The number of hydrogen-bond acceptors (Lipinski definition) is 2. The second-order valence-electron chi connectivity index (χ2n) is 4.80. The molecule has 0 aliphatic carbocycles. The Morgan fingerprint density at radius 2 is 1.93 bits per heavy atom. The third-order valence-electron chi connectivity index (χ3n) is 2.00. The predicted octanol–water partition coefficient (Wildman–Crippen LogP) is 1.83. The predicted molar refractivity (Wildman–Crippen MR) is 63.5 cm³/mol. The van der Waals surface area contributed by atoms with E-state index in [-0.39, 0.29) is 11.0 Å². The van der Waals surface area contributed by atoms with Gasteiger partial charge in [-0.2, -0.15) is 4.73 Å². The molecule has 1 heterocycles. The smallest absolute Gasteiger partial charge is 0.311 e. The van der Waals surface area contributed by atoms with Crippen molar-refractivity contribution in [3.05, 3.63) is 34.2 Å². The van der Waals surface area contributed by atoms with E-state index in [0.717, 1.165) is 5.56 Å². The van der Waals surface area contributed by atoms with Crippen LogP contribution in [0.4, 0.5) is 0 Å². The second kappa shape index (κ2) is 4.22. The molecule has 0 fully saturated rings. The molecule has 0 atom stereocenters. The highest BCUT2D eigenvalue weighted by Gasteiger charge is 2.19. The molecule has 1 radical (unpaired) electrons. The molecule has 0 saturated carbocycles. The molecule has 1 rings (SSSR count). The fourth-order valence-corrected chi connectivity index (χ4v) is 1.85. The van der Waals surface area contributed by atoms with Crippen molar-refractivity contribution in [2.75, 3.05) is 0 Å². The van der Waals surface area contributed by atoms with Crippen LogP contribution < -0.4 is 10.1 Å². The Hall–Kier alpha value is -1.03. The second-order valence-corrected chi connectivity index (χ2v) is 6.80. The largest absolute Gasteiger partial charge is 0.467 e. The zero-order valence-electron chi connectivity index (χ0n) is 10.00. The van der Waals surface area contributed by atoms with Crippen molar-refractivity contribution >= 4 is 9.04 Å². The Morgan fingerprint density at radius 3 is 2.40 bits per heavy atom. The fourth-order valence-electron chi connectivity index (χ4n) is 1.31. The summed E-state index contributed by atoms with van der Waals surface area (Å²) in [4.78, 5) is 12.0. The fraction of sp³-hybridized carbons (Fsp3) is 0.545. The van der Waals surface area contributed by atoms with Crippen LogP contribution in [0.5, 0.6) is 0 Å². The molecule has 1 aromatic rings. The maximum absolute atomic E-state index is 12.0. The zero-order chi connectivity index (χ0) is 11.6. The van der Waals surface area contributed by atoms with Gasteiger partial charge < -0.3 is 4.53 Å². The summed E-state index contributed by atoms with van der Waals surface area (Å²) in [7, 11) is -0.908. The van der Waals surface area contributed by atoms with Crippen molar-refractivity contribution < 1.29 is 4.53 Å². The summed E-state index contributed by atoms with van der Waals surface area (Å²) in [5, 5.41) is 0. The summed E-state index contributed by atoms with van der Waals surface area (Å²) >= 11 is 0. The van der Waals surface area contributed by atoms with Gasteiger partial charge in [0, 0.05) is 11.8 Å². The number of nitrogens with zero attached hydrogens (tertiary/aromatic N) is 1. The van der Waals surface area contributed by atoms with Gasteiger partial charge in [0.25, 0.3) is 5.56 Å². The van der Waals surface area contributed by atoms with Crippen LogP contribution in [0.1, 0.15) is 26.3 Å². The number of rotatable bonds is 2. The summed E-state index contributed by atoms with van der Waals surface area (Å²) in [5.74, 6) is 0. The molecule has 15 heavy (non-hydrogen) atoms. The monoisotopic (exact) mass is 224 g/mol. The van der Waals surface area contributed by atoms with Gasteiger partial charge in [-0.3, -0.25) is 4.79 Å². The summed E-state index contributed by atoms with van der Waals surface area (Å²) < 4.78 is 6.84. The molecule has 83 valence electrons. The first-order valence-corrected chi connectivity index (χ1v) is 7.44. The Bertz CT molecular complexity index is 390. The van der Waals surface area contributed by atoms with E-state index < -0.39 is 9.04 Å². The number of pyridine rings is 1. The van der Waals surface area contributed by atoms with E-state index in [4.69, 9.17) is 4.53 Å². The average Bonchev–Trinajstić information content (AvgIpc) is 2.05. The van der Waals surface area contributed by atoms with E-state index >= 15 is 0 Å². The van der Waals surface area contributed by atoms with E-state index in [1.807, 2.05) is 46.0 Å². The van der Waals surface area contributed by atoms with Crippen molar-refractivity contribution in [3.8, 4) is 0 Å². The van der Waals surface area contributed by atoms with Gasteiger partial charge in [-0.05, 0) is 24.6 Å². The van der Waals surface area contributed by atoms with Gasteiger partial charge in [-0.15, -0.1) is 0 Å². The van der Waals surface area contributed by atoms with Crippen LogP contribution in [0.2, 0.25) is 13.1 Å². The highest BCUT2D eigenvalue weighted by molar-refractivity contribution is 6.48. The molecule has 3 nitrogen and oxygen atoms in total. The van der Waals surface area contributed by atoms with E-state index in [9.17, 15) is 4.79 Å². The topological polar surface area (TPSA) is 31.2 Å². The van der Waals surface area contributed by atoms with Gasteiger partial charge in [0.15, 0.2) is 0 Å². The van der Waals surface area contributed by atoms with Crippen molar-refractivity contribution in [1.82, 2.24) is 4.73 Å². The molecule has 0 unspecified atom stereocenters. The molecule has 0 bridgehead atoms. The summed E-state index contributed by atoms with van der Waals surface area (Å²) in [5.41, 5.74) is 0.599. The van der Waals surface area contributed by atoms with E-state index in [2.05, 4.69) is 0 Å². The molecule has 0 aliphatic heterocycles. The zero-order valence-corrected chi connectivity index (χ0v) is 11.0. The van der Waals surface area contributed by atoms with E-state index in [1.165, 1.54) is 4.73 Å². The van der Waals surface area contributed by atoms with Crippen LogP contribution in [-0.4, -0.2) is 13.8 Å². The van der Waals surface area contributed by atoms with Crippen LogP contribution in [0, 0.1) is 0 Å². The third kappa shape index (κ3) is 2.96. The Kier molecular flexibility index (Phi) is 3.39. The Labute approximate surface area is 92.4 Å². The molecule has 1 aromatic heterocycles. The number of hydrogen-bond donors (Lipinski definition) is 0. The minimum atomic E-state index is -0.908. The lowest BCUT2D eigenvalue weighted by atomic mass is 9.88.